The van der Waals surface area contributed by atoms with Crippen molar-refractivity contribution in [2.75, 3.05) is 7.11 Å². The van der Waals surface area contributed by atoms with E-state index in [1.54, 1.807) is 7.11 Å². The van der Waals surface area contributed by atoms with E-state index >= 15 is 0 Å². The Bertz CT molecular complexity index is 1200. The van der Waals surface area contributed by atoms with Crippen LogP contribution in [-0.2, 0) is 21.6 Å². The molecule has 3 aromatic rings. The molecule has 1 aliphatic heterocycles. The number of rotatable bonds is 4. The predicted molar refractivity (Wildman–Crippen MR) is 127 cm³/mol. The lowest BCUT2D eigenvalue weighted by Crippen LogP contribution is -2.37. The third-order valence-corrected chi connectivity index (χ3v) is 7.09. The zero-order valence-electron chi connectivity index (χ0n) is 19.0. The molecule has 0 spiro atoms. The van der Waals surface area contributed by atoms with Crippen molar-refractivity contribution in [3.63, 3.8) is 0 Å². The molecule has 3 unspecified atom stereocenters. The first-order valence-corrected chi connectivity index (χ1v) is 11.4. The van der Waals surface area contributed by atoms with Crippen LogP contribution in [0, 0.1) is 0 Å². The van der Waals surface area contributed by atoms with E-state index < -0.39 is 11.6 Å². The molecule has 3 atom stereocenters. The number of carbonyl (C=O) groups excluding carboxylic acids is 1. The van der Waals surface area contributed by atoms with E-state index in [9.17, 15) is 9.90 Å². The summed E-state index contributed by atoms with van der Waals surface area (Å²) >= 11 is 0. The number of carbonyl (C=O) groups is 1. The maximum atomic E-state index is 13.4. The van der Waals surface area contributed by atoms with Gasteiger partial charge in [-0.1, -0.05) is 66.7 Å². The van der Waals surface area contributed by atoms with Crippen molar-refractivity contribution >= 4 is 5.97 Å². The zero-order chi connectivity index (χ0) is 23.0. The van der Waals surface area contributed by atoms with E-state index in [1.807, 2.05) is 61.5 Å². The summed E-state index contributed by atoms with van der Waals surface area (Å²) in [6, 6.07) is 26.0. The third-order valence-electron chi connectivity index (χ3n) is 7.09. The number of esters is 1. The highest BCUT2D eigenvalue weighted by atomic mass is 16.6. The summed E-state index contributed by atoms with van der Waals surface area (Å²) in [5.41, 5.74) is 3.91. The lowest BCUT2D eigenvalue weighted by Gasteiger charge is -2.39. The first-order valence-electron chi connectivity index (χ1n) is 11.4. The van der Waals surface area contributed by atoms with Crippen molar-refractivity contribution in [1.29, 1.82) is 0 Å². The Labute approximate surface area is 194 Å². The fraction of sp³-hybridized carbons (Fsp3) is 0.276. The Hall–Kier alpha value is -3.53. The topological polar surface area (TPSA) is 55.8 Å². The van der Waals surface area contributed by atoms with Crippen molar-refractivity contribution in [3.05, 3.63) is 112 Å². The van der Waals surface area contributed by atoms with Gasteiger partial charge < -0.3 is 14.6 Å². The van der Waals surface area contributed by atoms with Crippen LogP contribution >= 0.6 is 0 Å². The third kappa shape index (κ3) is 3.91. The normalized spacial score (nSPS) is 24.7. The number of benzene rings is 3. The predicted octanol–water partition coefficient (Wildman–Crippen LogP) is 6.18. The lowest BCUT2D eigenvalue weighted by atomic mass is 9.70. The Balaban J connectivity index is 1.52. The van der Waals surface area contributed by atoms with Gasteiger partial charge in [0.1, 0.15) is 17.1 Å². The maximum absolute atomic E-state index is 13.4. The maximum Gasteiger partial charge on any atom is 0.338 e. The summed E-state index contributed by atoms with van der Waals surface area (Å²) in [6.07, 6.45) is 1.90. The van der Waals surface area contributed by atoms with Crippen LogP contribution in [0.2, 0.25) is 0 Å². The molecule has 4 heteroatoms. The van der Waals surface area contributed by atoms with Crippen molar-refractivity contribution in [1.82, 2.24) is 0 Å². The van der Waals surface area contributed by atoms with Crippen LogP contribution < -0.4 is 4.74 Å². The molecule has 0 saturated carbocycles. The number of fused-ring (bicyclic) bond motifs is 1. The summed E-state index contributed by atoms with van der Waals surface area (Å²) in [6.45, 7) is 1.86. The van der Waals surface area contributed by atoms with Crippen LogP contribution in [0.25, 0.3) is 0 Å². The highest BCUT2D eigenvalue weighted by molar-refractivity contribution is 5.92. The van der Waals surface area contributed by atoms with Crippen molar-refractivity contribution in [2.45, 2.75) is 43.6 Å². The lowest BCUT2D eigenvalue weighted by molar-refractivity contribution is -0.158. The van der Waals surface area contributed by atoms with E-state index in [-0.39, 0.29) is 24.0 Å². The first-order chi connectivity index (χ1) is 16.0. The molecular weight excluding hydrogens is 412 g/mol. The van der Waals surface area contributed by atoms with E-state index in [0.717, 1.165) is 29.7 Å². The van der Waals surface area contributed by atoms with Gasteiger partial charge >= 0.3 is 5.97 Å². The van der Waals surface area contributed by atoms with Gasteiger partial charge in [0.25, 0.3) is 0 Å². The number of methoxy groups -OCH3 is 1. The van der Waals surface area contributed by atoms with Crippen LogP contribution in [0.15, 0.2) is 90.2 Å². The molecule has 3 aromatic carbocycles. The molecule has 1 heterocycles. The van der Waals surface area contributed by atoms with Gasteiger partial charge in [0, 0.05) is 12.3 Å². The second-order valence-corrected chi connectivity index (χ2v) is 9.18. The number of aliphatic hydroxyl groups excluding tert-OH is 1. The molecule has 2 aliphatic rings. The fourth-order valence-electron chi connectivity index (χ4n) is 5.35. The van der Waals surface area contributed by atoms with Crippen molar-refractivity contribution < 1.29 is 19.4 Å². The molecule has 0 saturated heterocycles. The highest BCUT2D eigenvalue weighted by Gasteiger charge is 2.44. The Kier molecular flexibility index (Phi) is 5.45. The average molecular weight is 441 g/mol. The van der Waals surface area contributed by atoms with E-state index in [4.69, 9.17) is 9.47 Å². The quantitative estimate of drug-likeness (QED) is 0.492. The van der Waals surface area contributed by atoms with Crippen molar-refractivity contribution in [3.8, 4) is 5.75 Å². The van der Waals surface area contributed by atoms with E-state index in [0.29, 0.717) is 5.57 Å². The molecule has 0 radical (unpaired) electrons. The largest absolute Gasteiger partial charge is 0.512 e. The molecule has 1 N–H and O–H groups in total. The number of aliphatic hydroxyl groups is 1. The van der Waals surface area contributed by atoms with Crippen LogP contribution in [0.5, 0.6) is 5.75 Å². The standard InChI is InChI=1S/C29H28O4/c1-29(22-9-4-3-5-10-22)18-26(30)27(28(31)33-29)25-17-21(16-20-8-6-7-11-24(20)25)19-12-14-23(32-2)15-13-19/h3-15,21,25,30H,16-18H2,1-2H3. The van der Waals surface area contributed by atoms with Gasteiger partial charge in [-0.3, -0.25) is 0 Å². The average Bonchev–Trinajstić information content (AvgIpc) is 2.84. The molecular formula is C29H28O4. The van der Waals surface area contributed by atoms with Crippen molar-refractivity contribution in [2.24, 2.45) is 0 Å². The number of ether oxygens (including phenoxy) is 2. The second-order valence-electron chi connectivity index (χ2n) is 9.18. The molecule has 33 heavy (non-hydrogen) atoms. The van der Waals surface area contributed by atoms with Gasteiger partial charge in [0.15, 0.2) is 0 Å². The Morgan fingerprint density at radius 3 is 2.36 bits per heavy atom. The molecule has 5 rings (SSSR count). The van der Waals surface area contributed by atoms with Gasteiger partial charge in [-0.05, 0) is 60.1 Å². The number of hydrogen-bond donors (Lipinski definition) is 1. The van der Waals surface area contributed by atoms with Gasteiger partial charge in [-0.25, -0.2) is 4.79 Å². The van der Waals surface area contributed by atoms with Gasteiger partial charge in [0.05, 0.1) is 12.7 Å². The molecule has 4 nitrogen and oxygen atoms in total. The van der Waals surface area contributed by atoms with Crippen LogP contribution in [-0.4, -0.2) is 18.2 Å². The highest BCUT2D eigenvalue weighted by Crippen LogP contribution is 2.48. The number of cyclic esters (lactones) is 1. The summed E-state index contributed by atoms with van der Waals surface area (Å²) < 4.78 is 11.3. The monoisotopic (exact) mass is 440 g/mol. The fourth-order valence-corrected chi connectivity index (χ4v) is 5.35. The van der Waals surface area contributed by atoms with E-state index in [1.165, 1.54) is 11.1 Å². The summed E-state index contributed by atoms with van der Waals surface area (Å²) in [7, 11) is 1.66. The zero-order valence-corrected chi connectivity index (χ0v) is 19.0. The minimum Gasteiger partial charge on any atom is -0.512 e. The summed E-state index contributed by atoms with van der Waals surface area (Å²) in [5, 5.41) is 11.2. The number of hydrogen-bond acceptors (Lipinski definition) is 4. The molecule has 0 amide bonds. The molecule has 0 bridgehead atoms. The smallest absolute Gasteiger partial charge is 0.338 e. The van der Waals surface area contributed by atoms with Gasteiger partial charge in [0.2, 0.25) is 0 Å². The molecule has 0 fully saturated rings. The van der Waals surface area contributed by atoms with Crippen LogP contribution in [0.3, 0.4) is 0 Å². The van der Waals surface area contributed by atoms with E-state index in [2.05, 4.69) is 24.3 Å². The minimum atomic E-state index is -0.879. The molecule has 1 aliphatic carbocycles. The van der Waals surface area contributed by atoms with Gasteiger partial charge in [-0.15, -0.1) is 0 Å². The summed E-state index contributed by atoms with van der Waals surface area (Å²) in [5.74, 6) is 0.539. The SMILES string of the molecule is COc1ccc(C2Cc3ccccc3C(C3=C(O)CC(C)(c4ccccc4)OC3=O)C2)cc1. The van der Waals surface area contributed by atoms with Crippen LogP contribution in [0.4, 0.5) is 0 Å². The Morgan fingerprint density at radius 1 is 0.970 bits per heavy atom. The molecule has 0 aromatic heterocycles. The second kappa shape index (κ2) is 8.43. The van der Waals surface area contributed by atoms with Gasteiger partial charge in [-0.2, -0.15) is 0 Å². The first kappa shape index (κ1) is 21.3. The minimum absolute atomic E-state index is 0.132. The molecule has 168 valence electrons. The van der Waals surface area contributed by atoms with Crippen LogP contribution in [0.1, 0.15) is 53.9 Å². The summed E-state index contributed by atoms with van der Waals surface area (Å²) in [4.78, 5) is 13.4. The Morgan fingerprint density at radius 2 is 1.67 bits per heavy atom.